The molecule has 0 aliphatic carbocycles. The number of amides is 1. The first kappa shape index (κ1) is 15.3. The largest absolute Gasteiger partial charge is 0.481 e. The summed E-state index contributed by atoms with van der Waals surface area (Å²) in [6, 6.07) is 6.49. The van der Waals surface area contributed by atoms with E-state index in [1.165, 1.54) is 18.9 Å². The van der Waals surface area contributed by atoms with Gasteiger partial charge in [-0.25, -0.2) is 4.39 Å². The second-order valence-corrected chi connectivity index (χ2v) is 6.11. The first-order valence-electron chi connectivity index (χ1n) is 8.13. The third-order valence-corrected chi connectivity index (χ3v) is 4.55. The van der Waals surface area contributed by atoms with E-state index in [1.807, 2.05) is 4.90 Å². The van der Waals surface area contributed by atoms with Gasteiger partial charge in [0.25, 0.3) is 5.91 Å². The lowest BCUT2D eigenvalue weighted by Crippen LogP contribution is -2.44. The molecule has 0 bridgehead atoms. The Morgan fingerprint density at radius 3 is 2.73 bits per heavy atom. The molecule has 1 atom stereocenters. The van der Waals surface area contributed by atoms with Gasteiger partial charge in [-0.05, 0) is 50.9 Å². The lowest BCUT2D eigenvalue weighted by Gasteiger charge is -2.28. The van der Waals surface area contributed by atoms with Crippen molar-refractivity contribution in [2.24, 2.45) is 0 Å². The number of rotatable bonds is 5. The predicted octanol–water partition coefficient (Wildman–Crippen LogP) is 2.29. The maximum Gasteiger partial charge on any atom is 0.260 e. The highest BCUT2D eigenvalue weighted by Crippen LogP contribution is 2.21. The minimum atomic E-state index is -0.426. The molecule has 1 aromatic rings. The van der Waals surface area contributed by atoms with Crippen LogP contribution in [0.15, 0.2) is 24.3 Å². The van der Waals surface area contributed by atoms with Gasteiger partial charge in [-0.3, -0.25) is 4.79 Å². The van der Waals surface area contributed by atoms with E-state index in [0.717, 1.165) is 39.0 Å². The Bertz CT molecular complexity index is 517. The number of para-hydroxylation sites is 1. The Balaban J connectivity index is 1.53. The second kappa shape index (κ2) is 7.09. The van der Waals surface area contributed by atoms with Crippen LogP contribution in [-0.2, 0) is 4.79 Å². The van der Waals surface area contributed by atoms with E-state index in [9.17, 15) is 9.18 Å². The summed E-state index contributed by atoms with van der Waals surface area (Å²) < 4.78 is 18.9. The van der Waals surface area contributed by atoms with E-state index in [2.05, 4.69) is 4.90 Å². The number of nitrogens with zero attached hydrogens (tertiary/aromatic N) is 2. The van der Waals surface area contributed by atoms with Crippen molar-refractivity contribution < 1.29 is 13.9 Å². The molecule has 2 heterocycles. The molecule has 1 unspecified atom stereocenters. The summed E-state index contributed by atoms with van der Waals surface area (Å²) in [5.74, 6) is -0.318. The normalized spacial score (nSPS) is 22.2. The van der Waals surface area contributed by atoms with Crippen molar-refractivity contribution in [1.82, 2.24) is 9.80 Å². The predicted molar refractivity (Wildman–Crippen MR) is 82.3 cm³/mol. The van der Waals surface area contributed by atoms with Crippen LogP contribution < -0.4 is 4.74 Å². The number of likely N-dealkylation sites (tertiary alicyclic amines) is 2. The van der Waals surface area contributed by atoms with Gasteiger partial charge in [-0.15, -0.1) is 0 Å². The summed E-state index contributed by atoms with van der Waals surface area (Å²) in [4.78, 5) is 16.7. The maximum atomic E-state index is 13.5. The smallest absolute Gasteiger partial charge is 0.260 e. The molecule has 120 valence electrons. The summed E-state index contributed by atoms with van der Waals surface area (Å²) in [5, 5.41) is 0. The number of benzene rings is 1. The van der Waals surface area contributed by atoms with Gasteiger partial charge in [0.05, 0.1) is 0 Å². The van der Waals surface area contributed by atoms with Crippen LogP contribution in [-0.4, -0.2) is 54.5 Å². The Hall–Kier alpha value is -1.62. The van der Waals surface area contributed by atoms with Crippen molar-refractivity contribution in [2.45, 2.75) is 31.7 Å². The van der Waals surface area contributed by atoms with E-state index in [0.29, 0.717) is 0 Å². The summed E-state index contributed by atoms with van der Waals surface area (Å²) in [6.07, 6.45) is 4.63. The Kier molecular flexibility index (Phi) is 4.93. The number of hydrogen-bond acceptors (Lipinski definition) is 3. The number of halogens is 1. The third-order valence-electron chi connectivity index (χ3n) is 4.55. The van der Waals surface area contributed by atoms with Crippen molar-refractivity contribution in [3.8, 4) is 5.75 Å². The fourth-order valence-electron chi connectivity index (χ4n) is 3.40. The zero-order valence-electron chi connectivity index (χ0n) is 12.8. The van der Waals surface area contributed by atoms with Crippen molar-refractivity contribution >= 4 is 5.91 Å². The summed E-state index contributed by atoms with van der Waals surface area (Å²) in [7, 11) is 0. The molecule has 22 heavy (non-hydrogen) atoms. The molecular weight excluding hydrogens is 283 g/mol. The van der Waals surface area contributed by atoms with Crippen LogP contribution in [0.4, 0.5) is 4.39 Å². The third kappa shape index (κ3) is 3.58. The molecule has 0 radical (unpaired) electrons. The molecule has 4 nitrogen and oxygen atoms in total. The maximum absolute atomic E-state index is 13.5. The zero-order chi connectivity index (χ0) is 15.4. The van der Waals surface area contributed by atoms with Gasteiger partial charge in [0.1, 0.15) is 0 Å². The zero-order valence-corrected chi connectivity index (χ0v) is 12.8. The summed E-state index contributed by atoms with van der Waals surface area (Å²) in [5.41, 5.74) is 0. The van der Waals surface area contributed by atoms with Crippen LogP contribution in [0.5, 0.6) is 5.75 Å². The number of carbonyl (C=O) groups excluding carboxylic acids is 1. The Labute approximate surface area is 130 Å². The SMILES string of the molecule is O=C(COc1ccccc1F)N1CCCC1CN1CCCC1. The second-order valence-electron chi connectivity index (χ2n) is 6.11. The van der Waals surface area contributed by atoms with Gasteiger partial charge in [0.2, 0.25) is 0 Å². The molecule has 3 rings (SSSR count). The van der Waals surface area contributed by atoms with Crippen molar-refractivity contribution in [1.29, 1.82) is 0 Å². The Morgan fingerprint density at radius 2 is 1.95 bits per heavy atom. The molecule has 2 aliphatic rings. The molecule has 0 N–H and O–H groups in total. The first-order valence-corrected chi connectivity index (χ1v) is 8.13. The molecule has 1 amide bonds. The molecule has 1 aromatic carbocycles. The molecule has 0 spiro atoms. The topological polar surface area (TPSA) is 32.8 Å². The van der Waals surface area contributed by atoms with Crippen molar-refractivity contribution in [3.05, 3.63) is 30.1 Å². The van der Waals surface area contributed by atoms with Gasteiger partial charge in [-0.1, -0.05) is 12.1 Å². The number of carbonyl (C=O) groups is 1. The van der Waals surface area contributed by atoms with Gasteiger partial charge in [0.15, 0.2) is 18.2 Å². The van der Waals surface area contributed by atoms with Crippen LogP contribution >= 0.6 is 0 Å². The van der Waals surface area contributed by atoms with Crippen molar-refractivity contribution in [2.75, 3.05) is 32.8 Å². The van der Waals surface area contributed by atoms with Gasteiger partial charge in [-0.2, -0.15) is 0 Å². The van der Waals surface area contributed by atoms with E-state index in [-0.39, 0.29) is 24.3 Å². The van der Waals surface area contributed by atoms with Crippen LogP contribution in [0.2, 0.25) is 0 Å². The highest BCUT2D eigenvalue weighted by Gasteiger charge is 2.30. The first-order chi connectivity index (χ1) is 10.7. The van der Waals surface area contributed by atoms with E-state index in [1.54, 1.807) is 18.2 Å². The highest BCUT2D eigenvalue weighted by molar-refractivity contribution is 5.78. The standard InChI is InChI=1S/C17H23FN2O2/c18-15-7-1-2-8-16(15)22-13-17(21)20-11-5-6-14(20)12-19-9-3-4-10-19/h1-2,7-8,14H,3-6,9-13H2. The molecule has 0 aromatic heterocycles. The van der Waals surface area contributed by atoms with Crippen LogP contribution in [0.25, 0.3) is 0 Å². The summed E-state index contributed by atoms with van der Waals surface area (Å²) in [6.45, 7) is 3.95. The quantitative estimate of drug-likeness (QED) is 0.837. The minimum absolute atomic E-state index is 0.0371. The molecular formula is C17H23FN2O2. The molecule has 2 aliphatic heterocycles. The average molecular weight is 306 g/mol. The van der Waals surface area contributed by atoms with E-state index >= 15 is 0 Å². The molecule has 2 saturated heterocycles. The molecule has 5 heteroatoms. The minimum Gasteiger partial charge on any atom is -0.481 e. The fourth-order valence-corrected chi connectivity index (χ4v) is 3.40. The lowest BCUT2D eigenvalue weighted by atomic mass is 10.2. The van der Waals surface area contributed by atoms with E-state index < -0.39 is 5.82 Å². The highest BCUT2D eigenvalue weighted by atomic mass is 19.1. The van der Waals surface area contributed by atoms with Crippen LogP contribution in [0.3, 0.4) is 0 Å². The van der Waals surface area contributed by atoms with Crippen LogP contribution in [0.1, 0.15) is 25.7 Å². The van der Waals surface area contributed by atoms with Gasteiger partial charge in [0, 0.05) is 19.1 Å². The monoisotopic (exact) mass is 306 g/mol. The summed E-state index contributed by atoms with van der Waals surface area (Å²) >= 11 is 0. The molecule has 0 saturated carbocycles. The van der Waals surface area contributed by atoms with Crippen molar-refractivity contribution in [3.63, 3.8) is 0 Å². The Morgan fingerprint density at radius 1 is 1.18 bits per heavy atom. The fraction of sp³-hybridized carbons (Fsp3) is 0.588. The van der Waals surface area contributed by atoms with Gasteiger partial charge < -0.3 is 14.5 Å². The molecule has 2 fully saturated rings. The van der Waals surface area contributed by atoms with Gasteiger partial charge >= 0.3 is 0 Å². The average Bonchev–Trinajstić information content (AvgIpc) is 3.18. The lowest BCUT2D eigenvalue weighted by molar-refractivity contribution is -0.134. The van der Waals surface area contributed by atoms with Crippen LogP contribution in [0, 0.1) is 5.82 Å². The van der Waals surface area contributed by atoms with E-state index in [4.69, 9.17) is 4.74 Å². The number of hydrogen-bond donors (Lipinski definition) is 0. The number of ether oxygens (including phenoxy) is 1.